The van der Waals surface area contributed by atoms with Crippen molar-refractivity contribution >= 4 is 21.4 Å². The lowest BCUT2D eigenvalue weighted by Crippen LogP contribution is -2.29. The van der Waals surface area contributed by atoms with Gasteiger partial charge in [0.15, 0.2) is 0 Å². The maximum absolute atomic E-state index is 12.7. The molecular formula is C19H23N3O4S. The van der Waals surface area contributed by atoms with Crippen molar-refractivity contribution in [2.24, 2.45) is 0 Å². The first-order valence-corrected chi connectivity index (χ1v) is 10.5. The van der Waals surface area contributed by atoms with Gasteiger partial charge in [0.05, 0.1) is 10.7 Å². The molecule has 7 nitrogen and oxygen atoms in total. The van der Waals surface area contributed by atoms with Crippen molar-refractivity contribution in [3.63, 3.8) is 0 Å². The smallest absolute Gasteiger partial charge is 0.269 e. The molecule has 2 aromatic carbocycles. The summed E-state index contributed by atoms with van der Waals surface area (Å²) in [4.78, 5) is 12.5. The fraction of sp³-hybridized carbons (Fsp3) is 0.368. The molecule has 0 atom stereocenters. The molecule has 1 heterocycles. The summed E-state index contributed by atoms with van der Waals surface area (Å²) >= 11 is 0. The van der Waals surface area contributed by atoms with Crippen LogP contribution in [0, 0.1) is 10.1 Å². The molecule has 0 unspecified atom stereocenters. The zero-order valence-corrected chi connectivity index (χ0v) is 16.1. The Hall–Kier alpha value is -2.45. The third-order valence-electron chi connectivity index (χ3n) is 4.80. The predicted molar refractivity (Wildman–Crippen MR) is 105 cm³/mol. The van der Waals surface area contributed by atoms with Gasteiger partial charge in [-0.2, -0.15) is 0 Å². The number of benzene rings is 2. The number of anilines is 1. The minimum Gasteiger partial charge on any atom is -0.371 e. The first-order valence-electron chi connectivity index (χ1n) is 8.87. The molecule has 1 aliphatic heterocycles. The predicted octanol–water partition coefficient (Wildman–Crippen LogP) is 3.16. The van der Waals surface area contributed by atoms with Crippen LogP contribution in [-0.4, -0.2) is 37.8 Å². The quantitative estimate of drug-likeness (QED) is 0.536. The third kappa shape index (κ3) is 4.64. The van der Waals surface area contributed by atoms with Crippen molar-refractivity contribution in [1.29, 1.82) is 0 Å². The van der Waals surface area contributed by atoms with Crippen LogP contribution in [0.25, 0.3) is 0 Å². The Labute approximate surface area is 159 Å². The van der Waals surface area contributed by atoms with Crippen LogP contribution in [0.15, 0.2) is 48.5 Å². The summed E-state index contributed by atoms with van der Waals surface area (Å²) in [6, 6.07) is 13.5. The van der Waals surface area contributed by atoms with Crippen LogP contribution in [-0.2, 0) is 22.3 Å². The summed E-state index contributed by atoms with van der Waals surface area (Å²) in [6.45, 7) is 2.29. The van der Waals surface area contributed by atoms with Crippen LogP contribution in [0.3, 0.4) is 0 Å². The Bertz CT molecular complexity index is 907. The molecule has 0 spiro atoms. The molecular weight excluding hydrogens is 366 g/mol. The summed E-state index contributed by atoms with van der Waals surface area (Å²) in [5, 5.41) is 10.7. The molecule has 0 saturated carbocycles. The van der Waals surface area contributed by atoms with E-state index in [4.69, 9.17) is 0 Å². The Morgan fingerprint density at radius 3 is 2.33 bits per heavy atom. The van der Waals surface area contributed by atoms with Crippen molar-refractivity contribution in [3.05, 3.63) is 69.8 Å². The van der Waals surface area contributed by atoms with Gasteiger partial charge in [0.25, 0.3) is 5.69 Å². The van der Waals surface area contributed by atoms with Gasteiger partial charge in [-0.3, -0.25) is 10.1 Å². The summed E-state index contributed by atoms with van der Waals surface area (Å²) in [5.74, 6) is -0.187. The van der Waals surface area contributed by atoms with Crippen LogP contribution < -0.4 is 4.90 Å². The van der Waals surface area contributed by atoms with Crippen molar-refractivity contribution in [2.45, 2.75) is 25.1 Å². The number of nitro benzene ring substituents is 1. The van der Waals surface area contributed by atoms with Crippen molar-refractivity contribution in [1.82, 2.24) is 4.31 Å². The number of rotatable bonds is 7. The zero-order valence-electron chi connectivity index (χ0n) is 15.2. The van der Waals surface area contributed by atoms with Crippen molar-refractivity contribution in [3.8, 4) is 0 Å². The first-order chi connectivity index (χ1) is 12.9. The molecule has 144 valence electrons. The Kier molecular flexibility index (Phi) is 5.76. The normalized spacial score (nSPS) is 14.7. The number of hydrogen-bond acceptors (Lipinski definition) is 5. The van der Waals surface area contributed by atoms with E-state index in [1.165, 1.54) is 28.6 Å². The highest BCUT2D eigenvalue weighted by molar-refractivity contribution is 7.88. The van der Waals surface area contributed by atoms with E-state index in [0.29, 0.717) is 12.1 Å². The number of hydrogen-bond donors (Lipinski definition) is 0. The topological polar surface area (TPSA) is 83.8 Å². The second kappa shape index (κ2) is 8.06. The van der Waals surface area contributed by atoms with Gasteiger partial charge < -0.3 is 4.90 Å². The van der Waals surface area contributed by atoms with Gasteiger partial charge in [0, 0.05) is 44.5 Å². The fourth-order valence-electron chi connectivity index (χ4n) is 3.28. The second-order valence-corrected chi connectivity index (χ2v) is 8.83. The molecule has 1 fully saturated rings. The van der Waals surface area contributed by atoms with Crippen LogP contribution >= 0.6 is 0 Å². The minimum atomic E-state index is -3.54. The number of non-ortho nitro benzene ring substituents is 1. The summed E-state index contributed by atoms with van der Waals surface area (Å²) in [6.07, 6.45) is 2.31. The first kappa shape index (κ1) is 19.3. The van der Waals surface area contributed by atoms with Gasteiger partial charge in [0.2, 0.25) is 10.0 Å². The molecule has 1 aliphatic rings. The molecule has 0 amide bonds. The van der Waals surface area contributed by atoms with Gasteiger partial charge in [-0.05, 0) is 30.0 Å². The van der Waals surface area contributed by atoms with Gasteiger partial charge >= 0.3 is 0 Å². The van der Waals surface area contributed by atoms with E-state index < -0.39 is 14.9 Å². The van der Waals surface area contributed by atoms with Crippen molar-refractivity contribution < 1.29 is 13.3 Å². The fourth-order valence-corrected chi connectivity index (χ4v) is 4.45. The zero-order chi connectivity index (χ0) is 19.4. The molecule has 0 N–H and O–H groups in total. The van der Waals surface area contributed by atoms with E-state index in [9.17, 15) is 18.5 Å². The molecule has 27 heavy (non-hydrogen) atoms. The SMILES string of the molecule is CN(Cc1ccccc1N1CCCC1)S(=O)(=O)Cc1ccc([N+](=O)[O-])cc1. The van der Waals surface area contributed by atoms with E-state index in [1.807, 2.05) is 24.3 Å². The summed E-state index contributed by atoms with van der Waals surface area (Å²) < 4.78 is 26.8. The largest absolute Gasteiger partial charge is 0.371 e. The molecule has 8 heteroatoms. The minimum absolute atomic E-state index is 0.0518. The lowest BCUT2D eigenvalue weighted by atomic mass is 10.1. The summed E-state index contributed by atoms with van der Waals surface area (Å²) in [5.41, 5.74) is 2.55. The third-order valence-corrected chi connectivity index (χ3v) is 6.58. The number of nitrogens with zero attached hydrogens (tertiary/aromatic N) is 3. The van der Waals surface area contributed by atoms with E-state index in [1.54, 1.807) is 7.05 Å². The molecule has 1 saturated heterocycles. The monoisotopic (exact) mass is 389 g/mol. The standard InChI is InChI=1S/C19H23N3O4S/c1-20(14-17-6-2-3-7-19(17)21-12-4-5-13-21)27(25,26)15-16-8-10-18(11-9-16)22(23)24/h2-3,6-11H,4-5,12-15H2,1H3. The summed E-state index contributed by atoms with van der Waals surface area (Å²) in [7, 11) is -1.97. The highest BCUT2D eigenvalue weighted by Gasteiger charge is 2.22. The Morgan fingerprint density at radius 1 is 1.07 bits per heavy atom. The molecule has 3 rings (SSSR count). The lowest BCUT2D eigenvalue weighted by molar-refractivity contribution is -0.384. The van der Waals surface area contributed by atoms with Gasteiger partial charge in [-0.1, -0.05) is 30.3 Å². The highest BCUT2D eigenvalue weighted by atomic mass is 32.2. The maximum atomic E-state index is 12.7. The Balaban J connectivity index is 1.73. The molecule has 0 radical (unpaired) electrons. The van der Waals surface area contributed by atoms with Crippen molar-refractivity contribution in [2.75, 3.05) is 25.0 Å². The molecule has 0 aliphatic carbocycles. The van der Waals surface area contributed by atoms with Crippen LogP contribution in [0.5, 0.6) is 0 Å². The van der Waals surface area contributed by atoms with Gasteiger partial charge in [0.1, 0.15) is 0 Å². The number of nitro groups is 1. The van der Waals surface area contributed by atoms with Crippen LogP contribution in [0.2, 0.25) is 0 Å². The van der Waals surface area contributed by atoms with Crippen LogP contribution in [0.1, 0.15) is 24.0 Å². The van der Waals surface area contributed by atoms with E-state index >= 15 is 0 Å². The second-order valence-electron chi connectivity index (χ2n) is 6.76. The number of sulfonamides is 1. The molecule has 0 bridgehead atoms. The number of para-hydroxylation sites is 1. The average Bonchev–Trinajstić information content (AvgIpc) is 3.16. The Morgan fingerprint density at radius 2 is 1.70 bits per heavy atom. The van der Waals surface area contributed by atoms with E-state index in [2.05, 4.69) is 4.90 Å². The van der Waals surface area contributed by atoms with Gasteiger partial charge in [-0.25, -0.2) is 12.7 Å². The lowest BCUT2D eigenvalue weighted by Gasteiger charge is -2.24. The molecule has 0 aromatic heterocycles. The van der Waals surface area contributed by atoms with E-state index in [-0.39, 0.29) is 11.4 Å². The van der Waals surface area contributed by atoms with Gasteiger partial charge in [-0.15, -0.1) is 0 Å². The van der Waals surface area contributed by atoms with E-state index in [0.717, 1.165) is 37.2 Å². The average molecular weight is 389 g/mol. The molecule has 2 aromatic rings. The maximum Gasteiger partial charge on any atom is 0.269 e. The highest BCUT2D eigenvalue weighted by Crippen LogP contribution is 2.26. The van der Waals surface area contributed by atoms with Crippen LogP contribution in [0.4, 0.5) is 11.4 Å².